The van der Waals surface area contributed by atoms with Crippen molar-refractivity contribution in [3.63, 3.8) is 0 Å². The minimum absolute atomic E-state index is 0.112. The number of carbonyl (C=O) groups excluding carboxylic acids is 1. The van der Waals surface area contributed by atoms with E-state index in [9.17, 15) is 13.9 Å². The van der Waals surface area contributed by atoms with Crippen molar-refractivity contribution in [1.29, 1.82) is 0 Å². The third-order valence-corrected chi connectivity index (χ3v) is 8.81. The van der Waals surface area contributed by atoms with Crippen molar-refractivity contribution in [2.24, 2.45) is 11.1 Å². The van der Waals surface area contributed by atoms with E-state index in [1.165, 1.54) is 0 Å². The fourth-order valence-electron chi connectivity index (χ4n) is 5.16. The highest BCUT2D eigenvalue weighted by atomic mass is 32.3. The maximum absolute atomic E-state index is 12.5. The fraction of sp³-hybridized carbons (Fsp3) is 0.667. The Labute approximate surface area is 206 Å². The maximum atomic E-state index is 12.5. The molecule has 5 rings (SSSR count). The van der Waals surface area contributed by atoms with Crippen molar-refractivity contribution in [3.8, 4) is 0 Å². The van der Waals surface area contributed by atoms with E-state index >= 15 is 0 Å². The molecule has 1 aliphatic carbocycles. The molecule has 1 saturated heterocycles. The Morgan fingerprint density at radius 1 is 1.29 bits per heavy atom. The Hall–Kier alpha value is -2.37. The molecule has 2 aromatic heterocycles. The molecule has 3 aliphatic rings. The molecule has 10 nitrogen and oxygen atoms in total. The molecule has 1 spiro atoms. The first-order chi connectivity index (χ1) is 16.5. The number of nitrogens with one attached hydrogen (secondary N) is 1. The van der Waals surface area contributed by atoms with E-state index in [1.807, 2.05) is 44.8 Å². The van der Waals surface area contributed by atoms with Gasteiger partial charge in [-0.2, -0.15) is 15.7 Å². The predicted octanol–water partition coefficient (Wildman–Crippen LogP) is 4.39. The second-order valence-corrected chi connectivity index (χ2v) is 13.4. The number of rotatable bonds is 5. The Morgan fingerprint density at radius 3 is 2.66 bits per heavy atom. The summed E-state index contributed by atoms with van der Waals surface area (Å²) in [5.41, 5.74) is 2.38. The standard InChI is InChI=1S/C24H35N5O5S/c1-5-29-21-18(14-26-29)20(27-16-6-8-35(31,32)9-7-16)17(13-25-21)19-12-24(34-28-19)10-15(11-24)22(30)33-23(2,3)4/h13-16,31-32H,5-12H2,1-4H3,(H,25,27). The van der Waals surface area contributed by atoms with E-state index in [0.29, 0.717) is 50.2 Å². The average Bonchev–Trinajstić information content (AvgIpc) is 3.38. The van der Waals surface area contributed by atoms with Crippen molar-refractivity contribution in [2.45, 2.75) is 83.6 Å². The normalized spacial score (nSPS) is 23.0. The monoisotopic (exact) mass is 505 g/mol. The van der Waals surface area contributed by atoms with Crippen LogP contribution in [0.4, 0.5) is 5.69 Å². The van der Waals surface area contributed by atoms with E-state index in [1.54, 1.807) is 0 Å². The lowest BCUT2D eigenvalue weighted by atomic mass is 9.68. The molecule has 3 N–H and O–H groups in total. The van der Waals surface area contributed by atoms with Gasteiger partial charge in [-0.15, -0.1) is 0 Å². The van der Waals surface area contributed by atoms with E-state index in [0.717, 1.165) is 28.0 Å². The van der Waals surface area contributed by atoms with Gasteiger partial charge in [0.05, 0.1) is 28.9 Å². The van der Waals surface area contributed by atoms with Crippen molar-refractivity contribution < 1.29 is 23.5 Å². The minimum atomic E-state index is -2.46. The molecule has 0 radical (unpaired) electrons. The predicted molar refractivity (Wildman–Crippen MR) is 136 cm³/mol. The largest absolute Gasteiger partial charge is 0.460 e. The first-order valence-corrected chi connectivity index (χ1v) is 14.2. The van der Waals surface area contributed by atoms with Gasteiger partial charge >= 0.3 is 5.97 Å². The van der Waals surface area contributed by atoms with Gasteiger partial charge < -0.3 is 14.9 Å². The number of aromatic nitrogens is 3. The molecule has 0 aromatic carbocycles. The number of hydrogen-bond acceptors (Lipinski definition) is 9. The van der Waals surface area contributed by atoms with Crippen molar-refractivity contribution in [1.82, 2.24) is 14.8 Å². The third kappa shape index (κ3) is 4.85. The number of aryl methyl sites for hydroxylation is 1. The first-order valence-electron chi connectivity index (χ1n) is 12.3. The quantitative estimate of drug-likeness (QED) is 0.510. The fourth-order valence-corrected chi connectivity index (χ4v) is 6.69. The molecule has 2 aliphatic heterocycles. The van der Waals surface area contributed by atoms with E-state index < -0.39 is 21.8 Å². The van der Waals surface area contributed by atoms with Gasteiger partial charge in [-0.25, -0.2) is 9.67 Å². The number of esters is 1. The summed E-state index contributed by atoms with van der Waals surface area (Å²) in [6.45, 7) is 8.36. The van der Waals surface area contributed by atoms with Gasteiger partial charge in [0.2, 0.25) is 0 Å². The van der Waals surface area contributed by atoms with Crippen LogP contribution in [0.3, 0.4) is 0 Å². The molecule has 0 amide bonds. The van der Waals surface area contributed by atoms with Gasteiger partial charge in [-0.1, -0.05) is 5.16 Å². The summed E-state index contributed by atoms with van der Waals surface area (Å²) in [5, 5.41) is 13.5. The van der Waals surface area contributed by atoms with Gasteiger partial charge in [0.25, 0.3) is 0 Å². The topological polar surface area (TPSA) is 131 Å². The molecular formula is C24H35N5O5S. The van der Waals surface area contributed by atoms with Crippen LogP contribution < -0.4 is 5.32 Å². The molecule has 4 heterocycles. The van der Waals surface area contributed by atoms with Crippen molar-refractivity contribution >= 4 is 39.0 Å². The van der Waals surface area contributed by atoms with Gasteiger partial charge in [-0.05, 0) is 40.5 Å². The van der Waals surface area contributed by atoms with Gasteiger partial charge in [0, 0.05) is 55.1 Å². The zero-order valence-electron chi connectivity index (χ0n) is 20.8. The number of anilines is 1. The van der Waals surface area contributed by atoms with Crippen LogP contribution in [0, 0.1) is 5.92 Å². The Kier molecular flexibility index (Phi) is 6.00. The summed E-state index contributed by atoms with van der Waals surface area (Å²) in [4.78, 5) is 23.0. The van der Waals surface area contributed by atoms with Crippen LogP contribution >= 0.6 is 10.6 Å². The van der Waals surface area contributed by atoms with Crippen LogP contribution in [0.1, 0.15) is 65.4 Å². The number of carbonyl (C=O) groups is 1. The van der Waals surface area contributed by atoms with Crippen LogP contribution in [-0.4, -0.2) is 64.3 Å². The summed E-state index contributed by atoms with van der Waals surface area (Å²) < 4.78 is 27.4. The lowest BCUT2D eigenvalue weighted by molar-refractivity contribution is -0.179. The highest BCUT2D eigenvalue weighted by molar-refractivity contribution is 8.24. The van der Waals surface area contributed by atoms with Crippen LogP contribution in [0.5, 0.6) is 0 Å². The van der Waals surface area contributed by atoms with Crippen LogP contribution in [0.2, 0.25) is 0 Å². The van der Waals surface area contributed by atoms with Gasteiger partial charge in [0.1, 0.15) is 11.2 Å². The number of ether oxygens (including phenoxy) is 1. The Bertz CT molecular complexity index is 1150. The highest BCUT2D eigenvalue weighted by Crippen LogP contribution is 2.49. The molecule has 11 heteroatoms. The summed E-state index contributed by atoms with van der Waals surface area (Å²) in [6, 6.07) is 0.112. The smallest absolute Gasteiger partial charge is 0.309 e. The molecule has 2 fully saturated rings. The minimum Gasteiger partial charge on any atom is -0.460 e. The lowest BCUT2D eigenvalue weighted by Crippen LogP contribution is -2.48. The second-order valence-electron chi connectivity index (χ2n) is 11.0. The molecule has 2 aromatic rings. The number of hydrogen-bond donors (Lipinski definition) is 3. The third-order valence-electron chi connectivity index (χ3n) is 7.03. The summed E-state index contributed by atoms with van der Waals surface area (Å²) >= 11 is 0. The highest BCUT2D eigenvalue weighted by Gasteiger charge is 2.54. The number of nitrogens with zero attached hydrogens (tertiary/aromatic N) is 4. The molecule has 35 heavy (non-hydrogen) atoms. The van der Waals surface area contributed by atoms with Gasteiger partial charge in [-0.3, -0.25) is 13.9 Å². The Balaban J connectivity index is 1.36. The second kappa shape index (κ2) is 8.63. The van der Waals surface area contributed by atoms with Crippen molar-refractivity contribution in [2.75, 3.05) is 16.8 Å². The molecule has 0 atom stereocenters. The average molecular weight is 506 g/mol. The van der Waals surface area contributed by atoms with Crippen LogP contribution in [-0.2, 0) is 20.9 Å². The van der Waals surface area contributed by atoms with Gasteiger partial charge in [0.15, 0.2) is 5.65 Å². The number of fused-ring (bicyclic) bond motifs is 1. The first kappa shape index (κ1) is 24.3. The maximum Gasteiger partial charge on any atom is 0.309 e. The van der Waals surface area contributed by atoms with Crippen molar-refractivity contribution in [3.05, 3.63) is 18.0 Å². The van der Waals surface area contributed by atoms with Crippen LogP contribution in [0.15, 0.2) is 17.5 Å². The van der Waals surface area contributed by atoms with E-state index in [2.05, 4.69) is 20.6 Å². The Morgan fingerprint density at radius 2 is 2.00 bits per heavy atom. The molecular weight excluding hydrogens is 470 g/mol. The summed E-state index contributed by atoms with van der Waals surface area (Å²) in [7, 11) is -2.46. The zero-order valence-corrected chi connectivity index (χ0v) is 21.6. The van der Waals surface area contributed by atoms with Crippen LogP contribution in [0.25, 0.3) is 11.0 Å². The summed E-state index contributed by atoms with van der Waals surface area (Å²) in [5.74, 6) is 0.455. The molecule has 192 valence electrons. The zero-order chi connectivity index (χ0) is 25.0. The van der Waals surface area contributed by atoms with E-state index in [-0.39, 0.29) is 17.9 Å². The molecule has 0 unspecified atom stereocenters. The summed E-state index contributed by atoms with van der Waals surface area (Å²) in [6.07, 6.45) is 6.77. The molecule has 1 saturated carbocycles. The number of pyridine rings is 1. The number of oxime groups is 1. The SMILES string of the molecule is CCn1ncc2c(NC3CCS(O)(O)CC3)c(C3=NOC4(C3)CC(C(=O)OC(C)(C)C)C4)cnc21. The molecule has 0 bridgehead atoms. The lowest BCUT2D eigenvalue weighted by Gasteiger charge is -2.41. The van der Waals surface area contributed by atoms with E-state index in [4.69, 9.17) is 9.57 Å².